The van der Waals surface area contributed by atoms with Crippen molar-refractivity contribution in [2.75, 3.05) is 5.75 Å². The van der Waals surface area contributed by atoms with Crippen LogP contribution in [0.3, 0.4) is 0 Å². The normalized spacial score (nSPS) is 18.9. The smallest absolute Gasteiger partial charge is 0.231 e. The van der Waals surface area contributed by atoms with Crippen molar-refractivity contribution in [2.24, 2.45) is 5.92 Å². The number of thioether (sulfide) groups is 1. The van der Waals surface area contributed by atoms with E-state index in [0.29, 0.717) is 6.04 Å². The van der Waals surface area contributed by atoms with E-state index in [4.69, 9.17) is 0 Å². The molecule has 2 aliphatic rings. The number of nitrogens with one attached hydrogen (secondary N) is 1. The van der Waals surface area contributed by atoms with Crippen molar-refractivity contribution >= 4 is 29.0 Å². The fourth-order valence-electron chi connectivity index (χ4n) is 3.13. The van der Waals surface area contributed by atoms with E-state index in [1.54, 1.807) is 11.3 Å². The molecule has 1 atom stereocenters. The molecule has 0 saturated heterocycles. The molecule has 0 aliphatic heterocycles. The van der Waals surface area contributed by atoms with Crippen molar-refractivity contribution < 1.29 is 4.79 Å². The SMILES string of the molecule is C[C@](C#N)(NC(=O)CSc1nnc(Cc2cccs2)n1C1CC1)C1CC1. The van der Waals surface area contributed by atoms with Gasteiger partial charge in [0.15, 0.2) is 5.16 Å². The van der Waals surface area contributed by atoms with Crippen molar-refractivity contribution in [3.8, 4) is 6.07 Å². The molecule has 2 aliphatic carbocycles. The van der Waals surface area contributed by atoms with Crippen LogP contribution in [0.4, 0.5) is 0 Å². The average Bonchev–Trinajstić information content (AvgIpc) is 3.56. The number of nitrogens with zero attached hydrogens (tertiary/aromatic N) is 4. The lowest BCUT2D eigenvalue weighted by Crippen LogP contribution is -2.47. The predicted molar refractivity (Wildman–Crippen MR) is 101 cm³/mol. The van der Waals surface area contributed by atoms with Crippen LogP contribution in [0.25, 0.3) is 0 Å². The molecular weight excluding hydrogens is 366 g/mol. The summed E-state index contributed by atoms with van der Waals surface area (Å²) in [7, 11) is 0. The van der Waals surface area contributed by atoms with E-state index in [1.165, 1.54) is 16.6 Å². The average molecular weight is 388 g/mol. The Balaban J connectivity index is 1.41. The van der Waals surface area contributed by atoms with Gasteiger partial charge in [0.25, 0.3) is 0 Å². The third kappa shape index (κ3) is 3.79. The molecule has 26 heavy (non-hydrogen) atoms. The molecule has 0 radical (unpaired) electrons. The molecule has 0 spiro atoms. The molecule has 0 aromatic carbocycles. The minimum atomic E-state index is -0.744. The minimum absolute atomic E-state index is 0.115. The zero-order chi connectivity index (χ0) is 18.1. The Hall–Kier alpha value is -1.85. The molecule has 4 rings (SSSR count). The highest BCUT2D eigenvalue weighted by Crippen LogP contribution is 2.40. The van der Waals surface area contributed by atoms with Gasteiger partial charge >= 0.3 is 0 Å². The number of carbonyl (C=O) groups is 1. The van der Waals surface area contributed by atoms with Crippen LogP contribution in [0, 0.1) is 17.2 Å². The summed E-state index contributed by atoms with van der Waals surface area (Å²) < 4.78 is 2.20. The minimum Gasteiger partial charge on any atom is -0.337 e. The molecule has 2 fully saturated rings. The van der Waals surface area contributed by atoms with Gasteiger partial charge in [0.1, 0.15) is 11.4 Å². The number of rotatable bonds is 8. The molecule has 2 aromatic heterocycles. The second-order valence-electron chi connectivity index (χ2n) is 7.18. The Bertz CT molecular complexity index is 832. The fourth-order valence-corrected chi connectivity index (χ4v) is 4.66. The van der Waals surface area contributed by atoms with Gasteiger partial charge in [0.05, 0.1) is 11.8 Å². The number of hydrogen-bond acceptors (Lipinski definition) is 6. The lowest BCUT2D eigenvalue weighted by Gasteiger charge is -2.22. The first-order valence-corrected chi connectivity index (χ1v) is 10.8. The van der Waals surface area contributed by atoms with Gasteiger partial charge in [-0.3, -0.25) is 4.79 Å². The third-order valence-corrected chi connectivity index (χ3v) is 6.74. The Labute approximate surface area is 161 Å². The first-order valence-electron chi connectivity index (χ1n) is 8.90. The zero-order valence-corrected chi connectivity index (χ0v) is 16.3. The zero-order valence-electron chi connectivity index (χ0n) is 14.6. The van der Waals surface area contributed by atoms with Crippen molar-refractivity contribution in [3.63, 3.8) is 0 Å². The Morgan fingerprint density at radius 2 is 2.27 bits per heavy atom. The van der Waals surface area contributed by atoms with Crippen LogP contribution >= 0.6 is 23.1 Å². The van der Waals surface area contributed by atoms with Gasteiger partial charge in [0.2, 0.25) is 5.91 Å². The molecule has 0 unspecified atom stereocenters. The first-order chi connectivity index (χ1) is 12.6. The highest BCUT2D eigenvalue weighted by Gasteiger charge is 2.43. The number of aromatic nitrogens is 3. The first kappa shape index (κ1) is 17.6. The van der Waals surface area contributed by atoms with Gasteiger partial charge in [-0.2, -0.15) is 5.26 Å². The van der Waals surface area contributed by atoms with Gasteiger partial charge in [0, 0.05) is 17.3 Å². The van der Waals surface area contributed by atoms with E-state index < -0.39 is 5.54 Å². The van der Waals surface area contributed by atoms with E-state index in [1.807, 2.05) is 13.0 Å². The van der Waals surface area contributed by atoms with E-state index in [0.717, 1.165) is 43.1 Å². The number of hydrogen-bond donors (Lipinski definition) is 1. The Morgan fingerprint density at radius 3 is 2.88 bits per heavy atom. The van der Waals surface area contributed by atoms with E-state index >= 15 is 0 Å². The van der Waals surface area contributed by atoms with Crippen molar-refractivity contribution in [1.82, 2.24) is 20.1 Å². The number of thiophene rings is 1. The van der Waals surface area contributed by atoms with Gasteiger partial charge < -0.3 is 9.88 Å². The number of carbonyl (C=O) groups excluding carboxylic acids is 1. The Morgan fingerprint density at radius 1 is 1.46 bits per heavy atom. The van der Waals surface area contributed by atoms with Crippen LogP contribution in [0.15, 0.2) is 22.7 Å². The van der Waals surface area contributed by atoms with Crippen molar-refractivity contribution in [2.45, 2.75) is 55.8 Å². The van der Waals surface area contributed by atoms with Gasteiger partial charge in [-0.15, -0.1) is 21.5 Å². The summed E-state index contributed by atoms with van der Waals surface area (Å²) in [6.45, 7) is 1.82. The summed E-state index contributed by atoms with van der Waals surface area (Å²) >= 11 is 3.13. The summed E-state index contributed by atoms with van der Waals surface area (Å²) in [5, 5.41) is 23.9. The number of nitriles is 1. The molecule has 136 valence electrons. The largest absolute Gasteiger partial charge is 0.337 e. The fraction of sp³-hybridized carbons (Fsp3) is 0.556. The maximum atomic E-state index is 12.3. The molecule has 2 aromatic rings. The predicted octanol–water partition coefficient (Wildman–Crippen LogP) is 3.17. The molecule has 1 N–H and O–H groups in total. The van der Waals surface area contributed by atoms with Gasteiger partial charge in [-0.05, 0) is 50.0 Å². The van der Waals surface area contributed by atoms with Crippen LogP contribution in [-0.2, 0) is 11.2 Å². The summed E-state index contributed by atoms with van der Waals surface area (Å²) in [5.41, 5.74) is -0.744. The summed E-state index contributed by atoms with van der Waals surface area (Å²) in [6.07, 6.45) is 5.09. The lowest BCUT2D eigenvalue weighted by atomic mass is 9.98. The van der Waals surface area contributed by atoms with Gasteiger partial charge in [-0.1, -0.05) is 17.8 Å². The summed E-state index contributed by atoms with van der Waals surface area (Å²) in [4.78, 5) is 13.6. The Kier molecular flexibility index (Phi) is 4.76. The molecule has 8 heteroatoms. The van der Waals surface area contributed by atoms with Crippen LogP contribution in [0.2, 0.25) is 0 Å². The lowest BCUT2D eigenvalue weighted by molar-refractivity contribution is -0.119. The van der Waals surface area contributed by atoms with E-state index in [2.05, 4.69) is 37.6 Å². The maximum Gasteiger partial charge on any atom is 0.231 e. The van der Waals surface area contributed by atoms with E-state index in [-0.39, 0.29) is 17.6 Å². The second-order valence-corrected chi connectivity index (χ2v) is 9.16. The summed E-state index contributed by atoms with van der Waals surface area (Å²) in [5.74, 6) is 1.40. The third-order valence-electron chi connectivity index (χ3n) is 4.92. The number of amides is 1. The van der Waals surface area contributed by atoms with Gasteiger partial charge in [-0.25, -0.2) is 0 Å². The monoisotopic (exact) mass is 387 g/mol. The quantitative estimate of drug-likeness (QED) is 0.704. The molecule has 2 heterocycles. The second kappa shape index (κ2) is 7.05. The van der Waals surface area contributed by atoms with Crippen LogP contribution in [-0.4, -0.2) is 32.0 Å². The topological polar surface area (TPSA) is 83.6 Å². The maximum absolute atomic E-state index is 12.3. The van der Waals surface area contributed by atoms with Crippen LogP contribution in [0.1, 0.15) is 49.4 Å². The molecule has 0 bridgehead atoms. The van der Waals surface area contributed by atoms with Crippen molar-refractivity contribution in [3.05, 3.63) is 28.2 Å². The molecule has 6 nitrogen and oxygen atoms in total. The van der Waals surface area contributed by atoms with Crippen LogP contribution in [0.5, 0.6) is 0 Å². The molecule has 1 amide bonds. The van der Waals surface area contributed by atoms with E-state index in [9.17, 15) is 10.1 Å². The highest BCUT2D eigenvalue weighted by molar-refractivity contribution is 7.99. The molecule has 2 saturated carbocycles. The summed E-state index contributed by atoms with van der Waals surface area (Å²) in [6, 6.07) is 6.88. The molecular formula is C18H21N5OS2. The van der Waals surface area contributed by atoms with Crippen molar-refractivity contribution in [1.29, 1.82) is 5.26 Å². The highest BCUT2D eigenvalue weighted by atomic mass is 32.2. The standard InChI is InChI=1S/C18H21N5OS2/c1-18(11-19,12-4-5-12)20-16(24)10-26-17-22-21-15(23(17)13-6-7-13)9-14-3-2-8-25-14/h2-3,8,12-13H,4-7,9-10H2,1H3,(H,20,24)/t18-/m1/s1. The van der Waals surface area contributed by atoms with Crippen LogP contribution < -0.4 is 5.32 Å².